The Labute approximate surface area is 115 Å². The summed E-state index contributed by atoms with van der Waals surface area (Å²) in [6.07, 6.45) is 3.47. The SMILES string of the molecule is Cc1ccc(Cl)cc1-n1ncc(C(=O)O)c1C1CC1. The van der Waals surface area contributed by atoms with Crippen LogP contribution in [0.4, 0.5) is 0 Å². The Kier molecular flexibility index (Phi) is 2.82. The zero-order valence-corrected chi connectivity index (χ0v) is 11.2. The van der Waals surface area contributed by atoms with E-state index in [0.29, 0.717) is 16.5 Å². The lowest BCUT2D eigenvalue weighted by Crippen LogP contribution is -2.06. The van der Waals surface area contributed by atoms with E-state index >= 15 is 0 Å². The number of benzene rings is 1. The molecule has 0 aliphatic heterocycles. The first-order chi connectivity index (χ1) is 9.08. The van der Waals surface area contributed by atoms with Crippen molar-refractivity contribution in [2.45, 2.75) is 25.7 Å². The standard InChI is InChI=1S/C14H13ClN2O2/c1-8-2-5-10(15)6-12(8)17-13(9-3-4-9)11(7-16-17)14(18)19/h2,5-7,9H,3-4H2,1H3,(H,18,19). The van der Waals surface area contributed by atoms with Crippen molar-refractivity contribution in [1.29, 1.82) is 0 Å². The molecule has 1 fully saturated rings. The van der Waals surface area contributed by atoms with Crippen LogP contribution in [0.2, 0.25) is 5.02 Å². The Morgan fingerprint density at radius 3 is 2.84 bits per heavy atom. The van der Waals surface area contributed by atoms with Crippen molar-refractivity contribution in [3.8, 4) is 5.69 Å². The van der Waals surface area contributed by atoms with E-state index in [9.17, 15) is 9.90 Å². The summed E-state index contributed by atoms with van der Waals surface area (Å²) < 4.78 is 1.72. The zero-order valence-electron chi connectivity index (χ0n) is 10.4. The summed E-state index contributed by atoms with van der Waals surface area (Å²) in [5, 5.41) is 14.1. The topological polar surface area (TPSA) is 55.1 Å². The minimum atomic E-state index is -0.923. The van der Waals surface area contributed by atoms with Gasteiger partial charge >= 0.3 is 5.97 Å². The van der Waals surface area contributed by atoms with Crippen molar-refractivity contribution in [2.24, 2.45) is 0 Å². The van der Waals surface area contributed by atoms with Gasteiger partial charge < -0.3 is 5.11 Å². The molecule has 19 heavy (non-hydrogen) atoms. The average Bonchev–Trinajstić information content (AvgIpc) is 3.11. The molecular weight excluding hydrogens is 264 g/mol. The van der Waals surface area contributed by atoms with Crippen molar-refractivity contribution in [1.82, 2.24) is 9.78 Å². The maximum atomic E-state index is 11.3. The molecule has 1 saturated carbocycles. The van der Waals surface area contributed by atoms with Gasteiger partial charge in [0.05, 0.1) is 17.6 Å². The van der Waals surface area contributed by atoms with Crippen LogP contribution in [0, 0.1) is 6.92 Å². The van der Waals surface area contributed by atoms with Crippen LogP contribution < -0.4 is 0 Å². The van der Waals surface area contributed by atoms with Crippen LogP contribution in [-0.2, 0) is 0 Å². The number of aryl methyl sites for hydroxylation is 1. The number of halogens is 1. The minimum absolute atomic E-state index is 0.293. The molecule has 1 N–H and O–H groups in total. The second-order valence-corrected chi connectivity index (χ2v) is 5.30. The molecule has 2 aromatic rings. The fraction of sp³-hybridized carbons (Fsp3) is 0.286. The number of carboxylic acids is 1. The highest BCUT2D eigenvalue weighted by molar-refractivity contribution is 6.30. The number of hydrogen-bond acceptors (Lipinski definition) is 2. The molecule has 1 aliphatic carbocycles. The van der Waals surface area contributed by atoms with Gasteiger partial charge in [0, 0.05) is 10.9 Å². The van der Waals surface area contributed by atoms with Crippen LogP contribution >= 0.6 is 11.6 Å². The van der Waals surface area contributed by atoms with E-state index in [1.807, 2.05) is 25.1 Å². The van der Waals surface area contributed by atoms with Crippen molar-refractivity contribution in [3.05, 3.63) is 46.2 Å². The minimum Gasteiger partial charge on any atom is -0.478 e. The lowest BCUT2D eigenvalue weighted by molar-refractivity contribution is 0.0695. The van der Waals surface area contributed by atoms with E-state index < -0.39 is 5.97 Å². The van der Waals surface area contributed by atoms with Gasteiger partial charge in [-0.1, -0.05) is 17.7 Å². The number of hydrogen-bond donors (Lipinski definition) is 1. The first-order valence-corrected chi connectivity index (χ1v) is 6.53. The van der Waals surface area contributed by atoms with Crippen LogP contribution in [-0.4, -0.2) is 20.9 Å². The van der Waals surface area contributed by atoms with Gasteiger partial charge in [0.1, 0.15) is 5.56 Å². The Balaban J connectivity index is 2.20. The van der Waals surface area contributed by atoms with Gasteiger partial charge in [0.15, 0.2) is 0 Å². The molecule has 0 unspecified atom stereocenters. The third kappa shape index (κ3) is 2.12. The average molecular weight is 277 g/mol. The van der Waals surface area contributed by atoms with E-state index in [1.165, 1.54) is 6.20 Å². The first-order valence-electron chi connectivity index (χ1n) is 6.15. The molecule has 0 bridgehead atoms. The molecule has 0 spiro atoms. The summed E-state index contributed by atoms with van der Waals surface area (Å²) in [5.41, 5.74) is 2.95. The van der Waals surface area contributed by atoms with E-state index in [2.05, 4.69) is 5.10 Å². The molecule has 1 aliphatic rings. The molecule has 4 nitrogen and oxygen atoms in total. The highest BCUT2D eigenvalue weighted by atomic mass is 35.5. The lowest BCUT2D eigenvalue weighted by atomic mass is 10.1. The van der Waals surface area contributed by atoms with E-state index in [1.54, 1.807) is 4.68 Å². The fourth-order valence-corrected chi connectivity index (χ4v) is 2.44. The van der Waals surface area contributed by atoms with E-state index in [0.717, 1.165) is 29.8 Å². The van der Waals surface area contributed by atoms with Gasteiger partial charge in [0.2, 0.25) is 0 Å². The molecule has 1 heterocycles. The molecule has 98 valence electrons. The number of rotatable bonds is 3. The van der Waals surface area contributed by atoms with Gasteiger partial charge in [-0.25, -0.2) is 9.48 Å². The second-order valence-electron chi connectivity index (χ2n) is 4.87. The van der Waals surface area contributed by atoms with Crippen LogP contribution in [0.15, 0.2) is 24.4 Å². The lowest BCUT2D eigenvalue weighted by Gasteiger charge is -2.11. The number of carbonyl (C=O) groups is 1. The van der Waals surface area contributed by atoms with Crippen LogP contribution in [0.3, 0.4) is 0 Å². The Morgan fingerprint density at radius 2 is 2.21 bits per heavy atom. The van der Waals surface area contributed by atoms with Crippen LogP contribution in [0.1, 0.15) is 40.4 Å². The molecule has 0 atom stereocenters. The number of aromatic carboxylic acids is 1. The van der Waals surface area contributed by atoms with Gasteiger partial charge in [-0.05, 0) is 37.5 Å². The molecular formula is C14H13ClN2O2. The largest absolute Gasteiger partial charge is 0.478 e. The maximum absolute atomic E-state index is 11.3. The summed E-state index contributed by atoms with van der Waals surface area (Å²) in [6.45, 7) is 1.96. The van der Waals surface area contributed by atoms with Crippen molar-refractivity contribution >= 4 is 17.6 Å². The molecule has 5 heteroatoms. The predicted octanol–water partition coefficient (Wildman–Crippen LogP) is 3.41. The molecule has 0 amide bonds. The summed E-state index contributed by atoms with van der Waals surface area (Å²) in [6, 6.07) is 5.55. The molecule has 0 saturated heterocycles. The maximum Gasteiger partial charge on any atom is 0.339 e. The third-order valence-electron chi connectivity index (χ3n) is 3.40. The fourth-order valence-electron chi connectivity index (χ4n) is 2.28. The van der Waals surface area contributed by atoms with Crippen molar-refractivity contribution < 1.29 is 9.90 Å². The highest BCUT2D eigenvalue weighted by Crippen LogP contribution is 2.42. The quantitative estimate of drug-likeness (QED) is 0.935. The summed E-state index contributed by atoms with van der Waals surface area (Å²) in [7, 11) is 0. The summed E-state index contributed by atoms with van der Waals surface area (Å²) in [5.74, 6) is -0.625. The van der Waals surface area contributed by atoms with E-state index in [4.69, 9.17) is 11.6 Å². The summed E-state index contributed by atoms with van der Waals surface area (Å²) in [4.78, 5) is 11.3. The second kappa shape index (κ2) is 4.38. The number of aromatic nitrogens is 2. The monoisotopic (exact) mass is 276 g/mol. The van der Waals surface area contributed by atoms with Gasteiger partial charge in [-0.2, -0.15) is 5.10 Å². The van der Waals surface area contributed by atoms with Crippen molar-refractivity contribution in [2.75, 3.05) is 0 Å². The van der Waals surface area contributed by atoms with E-state index in [-0.39, 0.29) is 0 Å². The first kappa shape index (κ1) is 12.2. The Hall–Kier alpha value is -1.81. The number of carboxylic acid groups (broad SMARTS) is 1. The normalized spacial score (nSPS) is 14.6. The van der Waals surface area contributed by atoms with Gasteiger partial charge in [-0.15, -0.1) is 0 Å². The Bertz CT molecular complexity index is 659. The smallest absolute Gasteiger partial charge is 0.339 e. The highest BCUT2D eigenvalue weighted by Gasteiger charge is 2.33. The summed E-state index contributed by atoms with van der Waals surface area (Å²) >= 11 is 6.03. The molecule has 1 aromatic heterocycles. The predicted molar refractivity (Wildman–Crippen MR) is 72.2 cm³/mol. The van der Waals surface area contributed by atoms with Gasteiger partial charge in [-0.3, -0.25) is 0 Å². The Morgan fingerprint density at radius 1 is 1.47 bits per heavy atom. The molecule has 1 aromatic carbocycles. The molecule has 0 radical (unpaired) electrons. The van der Waals surface area contributed by atoms with Crippen molar-refractivity contribution in [3.63, 3.8) is 0 Å². The van der Waals surface area contributed by atoms with Gasteiger partial charge in [0.25, 0.3) is 0 Å². The third-order valence-corrected chi connectivity index (χ3v) is 3.64. The zero-order chi connectivity index (χ0) is 13.6. The molecule has 3 rings (SSSR count). The number of nitrogens with zero attached hydrogens (tertiary/aromatic N) is 2. The van der Waals surface area contributed by atoms with Crippen LogP contribution in [0.25, 0.3) is 5.69 Å². The van der Waals surface area contributed by atoms with Crippen LogP contribution in [0.5, 0.6) is 0 Å².